The minimum Gasteiger partial charge on any atom is -0.465 e. The molecule has 3 atom stereocenters. The van der Waals surface area contributed by atoms with Crippen molar-refractivity contribution in [2.75, 3.05) is 18.0 Å². The van der Waals surface area contributed by atoms with E-state index >= 15 is 0 Å². The first-order chi connectivity index (χ1) is 14.0. The molecule has 162 valence electrons. The highest BCUT2D eigenvalue weighted by Gasteiger charge is 2.44. The lowest BCUT2D eigenvalue weighted by Crippen LogP contribution is -2.39. The van der Waals surface area contributed by atoms with E-state index in [0.29, 0.717) is 18.7 Å². The summed E-state index contributed by atoms with van der Waals surface area (Å²) in [5.74, 6) is -0.326. The Morgan fingerprint density at radius 1 is 1.23 bits per heavy atom. The first-order valence-electron chi connectivity index (χ1n) is 10.4. The smallest absolute Gasteiger partial charge is 0.407 e. The van der Waals surface area contributed by atoms with Gasteiger partial charge in [0.05, 0.1) is 41.1 Å². The van der Waals surface area contributed by atoms with Crippen LogP contribution in [-0.2, 0) is 14.9 Å². The Labute approximate surface area is 177 Å². The van der Waals surface area contributed by atoms with Crippen LogP contribution in [0, 0.1) is 11.3 Å². The number of aromatic nitrogens is 1. The van der Waals surface area contributed by atoms with Crippen molar-refractivity contribution in [3.63, 3.8) is 0 Å². The van der Waals surface area contributed by atoms with Gasteiger partial charge in [0.1, 0.15) is 5.60 Å². The second kappa shape index (κ2) is 8.13. The molecule has 3 heterocycles. The summed E-state index contributed by atoms with van der Waals surface area (Å²) in [7, 11) is 0. The van der Waals surface area contributed by atoms with Gasteiger partial charge in [-0.15, -0.1) is 0 Å². The Kier molecular flexibility index (Phi) is 5.93. The number of pyridine rings is 1. The number of hydrogen-bond acceptors (Lipinski definition) is 6. The third-order valence-corrected chi connectivity index (χ3v) is 5.96. The number of nitrogens with zero attached hydrogens (tertiary/aromatic N) is 4. The molecule has 2 aliphatic rings. The number of amides is 1. The minimum absolute atomic E-state index is 0.0281. The number of esters is 1. The summed E-state index contributed by atoms with van der Waals surface area (Å²) < 4.78 is 5.34. The second-order valence-corrected chi connectivity index (χ2v) is 9.31. The van der Waals surface area contributed by atoms with Crippen molar-refractivity contribution in [3.8, 4) is 6.07 Å². The van der Waals surface area contributed by atoms with Gasteiger partial charge in [-0.2, -0.15) is 5.26 Å². The Bertz CT molecular complexity index is 842. The van der Waals surface area contributed by atoms with Crippen LogP contribution in [0.15, 0.2) is 18.3 Å². The van der Waals surface area contributed by atoms with Gasteiger partial charge in [-0.05, 0) is 59.1 Å². The first kappa shape index (κ1) is 21.9. The molecular weight excluding hydrogens is 384 g/mol. The Morgan fingerprint density at radius 3 is 2.50 bits per heavy atom. The van der Waals surface area contributed by atoms with Gasteiger partial charge in [0.2, 0.25) is 0 Å². The number of nitriles is 1. The van der Waals surface area contributed by atoms with Gasteiger partial charge in [-0.1, -0.05) is 0 Å². The van der Waals surface area contributed by atoms with Gasteiger partial charge < -0.3 is 19.6 Å². The van der Waals surface area contributed by atoms with Crippen LogP contribution in [0.3, 0.4) is 0 Å². The third-order valence-electron chi connectivity index (χ3n) is 5.96. The molecule has 3 rings (SSSR count). The molecule has 2 aliphatic heterocycles. The monoisotopic (exact) mass is 414 g/mol. The Balaban J connectivity index is 1.68. The normalized spacial score (nSPS) is 22.9. The molecule has 30 heavy (non-hydrogen) atoms. The summed E-state index contributed by atoms with van der Waals surface area (Å²) in [4.78, 5) is 31.7. The maximum absolute atomic E-state index is 12.1. The summed E-state index contributed by atoms with van der Waals surface area (Å²) in [6.07, 6.45) is 2.99. The summed E-state index contributed by atoms with van der Waals surface area (Å²) in [5.41, 5.74) is 0.109. The van der Waals surface area contributed by atoms with Crippen LogP contribution in [0.1, 0.15) is 59.1 Å². The molecule has 1 N–H and O–H groups in total. The van der Waals surface area contributed by atoms with Crippen LogP contribution < -0.4 is 4.90 Å². The minimum atomic E-state index is -0.892. The Hall–Kier alpha value is -2.82. The first-order valence-corrected chi connectivity index (χ1v) is 10.4. The molecule has 8 heteroatoms. The molecule has 2 fully saturated rings. The van der Waals surface area contributed by atoms with Crippen molar-refractivity contribution in [1.29, 1.82) is 5.26 Å². The molecule has 1 aromatic rings. The lowest BCUT2D eigenvalue weighted by molar-refractivity contribution is -0.155. The standard InChI is InChI=1S/C22H30N4O4/c1-21(2,3)30-19(27)7-10-22(4,14-23)18-6-5-15(13-24-18)25-11-8-17-16(25)9-12-26(17)20(28)29/h5-6,13,16-17H,7-12H2,1-4H3,(H,28,29). The van der Waals surface area contributed by atoms with E-state index in [2.05, 4.69) is 16.0 Å². The number of rotatable bonds is 5. The van der Waals surface area contributed by atoms with Crippen molar-refractivity contribution in [2.24, 2.45) is 0 Å². The second-order valence-electron chi connectivity index (χ2n) is 9.31. The van der Waals surface area contributed by atoms with Crippen LogP contribution in [-0.4, -0.2) is 57.8 Å². The predicted molar refractivity (Wildman–Crippen MR) is 111 cm³/mol. The van der Waals surface area contributed by atoms with E-state index in [4.69, 9.17) is 4.74 Å². The highest BCUT2D eigenvalue weighted by atomic mass is 16.6. The Morgan fingerprint density at radius 2 is 1.93 bits per heavy atom. The third kappa shape index (κ3) is 4.50. The molecule has 0 saturated carbocycles. The lowest BCUT2D eigenvalue weighted by Gasteiger charge is -2.27. The SMILES string of the molecule is CC(C)(C)OC(=O)CCC(C)(C#N)c1ccc(N2CCC3C2CCN3C(=O)O)cn1. The predicted octanol–water partition coefficient (Wildman–Crippen LogP) is 3.32. The van der Waals surface area contributed by atoms with Crippen molar-refractivity contribution in [2.45, 2.75) is 76.5 Å². The van der Waals surface area contributed by atoms with Crippen molar-refractivity contribution in [1.82, 2.24) is 9.88 Å². The zero-order valence-electron chi connectivity index (χ0n) is 18.1. The molecule has 8 nitrogen and oxygen atoms in total. The molecule has 2 saturated heterocycles. The number of anilines is 1. The summed E-state index contributed by atoms with van der Waals surface area (Å²) in [5, 5.41) is 19.1. The van der Waals surface area contributed by atoms with Crippen molar-refractivity contribution >= 4 is 17.7 Å². The van der Waals surface area contributed by atoms with E-state index in [1.807, 2.05) is 32.9 Å². The molecule has 1 amide bonds. The molecule has 3 unspecified atom stereocenters. The average Bonchev–Trinajstić information content (AvgIpc) is 3.27. The fourth-order valence-corrected chi connectivity index (χ4v) is 4.41. The highest BCUT2D eigenvalue weighted by Crippen LogP contribution is 2.36. The van der Waals surface area contributed by atoms with Gasteiger partial charge in [0.25, 0.3) is 0 Å². The van der Waals surface area contributed by atoms with E-state index in [9.17, 15) is 20.0 Å². The van der Waals surface area contributed by atoms with E-state index in [1.165, 1.54) is 4.90 Å². The van der Waals surface area contributed by atoms with Crippen LogP contribution in [0.4, 0.5) is 10.5 Å². The quantitative estimate of drug-likeness (QED) is 0.737. The molecule has 0 radical (unpaired) electrons. The molecule has 0 aromatic carbocycles. The van der Waals surface area contributed by atoms with E-state index in [1.54, 1.807) is 13.1 Å². The maximum Gasteiger partial charge on any atom is 0.407 e. The van der Waals surface area contributed by atoms with Crippen LogP contribution in [0.2, 0.25) is 0 Å². The van der Waals surface area contributed by atoms with Crippen LogP contribution >= 0.6 is 0 Å². The topological polar surface area (TPSA) is 107 Å². The van der Waals surface area contributed by atoms with E-state index < -0.39 is 17.1 Å². The fraction of sp³-hybridized carbons (Fsp3) is 0.636. The summed E-state index contributed by atoms with van der Waals surface area (Å²) >= 11 is 0. The average molecular weight is 415 g/mol. The zero-order chi connectivity index (χ0) is 22.1. The number of hydrogen-bond donors (Lipinski definition) is 1. The number of ether oxygens (including phenoxy) is 1. The van der Waals surface area contributed by atoms with Crippen molar-refractivity contribution in [3.05, 3.63) is 24.0 Å². The van der Waals surface area contributed by atoms with Gasteiger partial charge in [-0.25, -0.2) is 4.79 Å². The van der Waals surface area contributed by atoms with E-state index in [-0.39, 0.29) is 24.5 Å². The van der Waals surface area contributed by atoms with E-state index in [0.717, 1.165) is 25.1 Å². The number of carboxylic acid groups (broad SMARTS) is 1. The lowest BCUT2D eigenvalue weighted by atomic mass is 9.83. The van der Waals surface area contributed by atoms with Gasteiger partial charge in [0, 0.05) is 19.5 Å². The van der Waals surface area contributed by atoms with Crippen LogP contribution in [0.5, 0.6) is 0 Å². The number of carbonyl (C=O) groups excluding carboxylic acids is 1. The number of carbonyl (C=O) groups is 2. The molecule has 0 bridgehead atoms. The van der Waals surface area contributed by atoms with Crippen LogP contribution in [0.25, 0.3) is 0 Å². The zero-order valence-corrected chi connectivity index (χ0v) is 18.1. The largest absolute Gasteiger partial charge is 0.465 e. The maximum atomic E-state index is 12.1. The van der Waals surface area contributed by atoms with Gasteiger partial charge in [-0.3, -0.25) is 9.78 Å². The molecule has 0 aliphatic carbocycles. The molecule has 0 spiro atoms. The highest BCUT2D eigenvalue weighted by molar-refractivity contribution is 5.70. The molecular formula is C22H30N4O4. The summed E-state index contributed by atoms with van der Waals surface area (Å²) in [6.45, 7) is 8.58. The fourth-order valence-electron chi connectivity index (χ4n) is 4.41. The number of fused-ring (bicyclic) bond motifs is 1. The number of likely N-dealkylation sites (tertiary alicyclic amines) is 1. The van der Waals surface area contributed by atoms with Gasteiger partial charge in [0.15, 0.2) is 0 Å². The van der Waals surface area contributed by atoms with Gasteiger partial charge >= 0.3 is 12.1 Å². The summed E-state index contributed by atoms with van der Waals surface area (Å²) in [6, 6.07) is 6.28. The van der Waals surface area contributed by atoms with Crippen molar-refractivity contribution < 1.29 is 19.4 Å². The molecule has 1 aromatic heterocycles.